The van der Waals surface area contributed by atoms with E-state index in [1.54, 1.807) is 31.3 Å². The molecule has 1 aromatic carbocycles. The van der Waals surface area contributed by atoms with E-state index in [1.165, 1.54) is 15.3 Å². The van der Waals surface area contributed by atoms with Crippen LogP contribution in [0.2, 0.25) is 5.02 Å². The van der Waals surface area contributed by atoms with Crippen LogP contribution in [-0.4, -0.2) is 9.13 Å². The van der Waals surface area contributed by atoms with Gasteiger partial charge in [-0.25, -0.2) is 4.79 Å². The lowest BCUT2D eigenvalue weighted by Gasteiger charge is -2.08. The molecule has 0 saturated carbocycles. The van der Waals surface area contributed by atoms with Gasteiger partial charge in [-0.15, -0.1) is 0 Å². The Bertz CT molecular complexity index is 654. The largest absolute Gasteiger partial charge is 0.331 e. The van der Waals surface area contributed by atoms with Gasteiger partial charge in [-0.3, -0.25) is 9.36 Å². The second-order valence-electron chi connectivity index (χ2n) is 3.89. The molecule has 1 heterocycles. The topological polar surface area (TPSA) is 44.0 Å². The first kappa shape index (κ1) is 13.4. The van der Waals surface area contributed by atoms with Gasteiger partial charge in [0.2, 0.25) is 0 Å². The quantitative estimate of drug-likeness (QED) is 0.751. The van der Waals surface area contributed by atoms with Gasteiger partial charge in [0.15, 0.2) is 0 Å². The Kier molecular flexibility index (Phi) is 3.91. The Morgan fingerprint density at radius 1 is 1.22 bits per heavy atom. The summed E-state index contributed by atoms with van der Waals surface area (Å²) in [5, 5.41) is 0.627. The van der Waals surface area contributed by atoms with Gasteiger partial charge in [-0.05, 0) is 40.3 Å². The molecule has 0 radical (unpaired) electrons. The summed E-state index contributed by atoms with van der Waals surface area (Å²) in [5.74, 6) is 0. The molecule has 0 saturated heterocycles. The number of hydrogen-bond acceptors (Lipinski definition) is 2. The Balaban J connectivity index is 2.50. The lowest BCUT2D eigenvalue weighted by Crippen LogP contribution is -2.40. The predicted octanol–water partition coefficient (Wildman–Crippen LogP) is 1.85. The second kappa shape index (κ2) is 5.27. The van der Waals surface area contributed by atoms with Crippen LogP contribution < -0.4 is 11.2 Å². The van der Waals surface area contributed by atoms with Crippen LogP contribution in [0.4, 0.5) is 0 Å². The number of rotatable bonds is 2. The van der Waals surface area contributed by atoms with E-state index in [2.05, 4.69) is 0 Å². The van der Waals surface area contributed by atoms with E-state index >= 15 is 0 Å². The van der Waals surface area contributed by atoms with Crippen molar-refractivity contribution in [2.75, 3.05) is 0 Å². The van der Waals surface area contributed by atoms with Crippen molar-refractivity contribution in [1.29, 1.82) is 0 Å². The number of halogens is 2. The van der Waals surface area contributed by atoms with E-state index < -0.39 is 0 Å². The van der Waals surface area contributed by atoms with Gasteiger partial charge in [0.05, 0.1) is 10.1 Å². The highest BCUT2D eigenvalue weighted by molar-refractivity contribution is 14.1. The van der Waals surface area contributed by atoms with Crippen molar-refractivity contribution in [3.63, 3.8) is 0 Å². The molecular weight excluding hydrogens is 367 g/mol. The average molecular weight is 377 g/mol. The molecule has 0 N–H and O–H groups in total. The molecule has 2 aromatic rings. The van der Waals surface area contributed by atoms with Gasteiger partial charge >= 0.3 is 5.69 Å². The summed E-state index contributed by atoms with van der Waals surface area (Å²) in [5.41, 5.74) is 0.268. The maximum absolute atomic E-state index is 11.9. The Hall–Kier alpha value is -1.08. The van der Waals surface area contributed by atoms with Crippen LogP contribution in [0.5, 0.6) is 0 Å². The van der Waals surface area contributed by atoms with Gasteiger partial charge < -0.3 is 4.57 Å². The first-order valence-corrected chi connectivity index (χ1v) is 6.65. The molecule has 0 aliphatic rings. The summed E-state index contributed by atoms with van der Waals surface area (Å²) < 4.78 is 3.13. The fourth-order valence-corrected chi connectivity index (χ4v) is 2.43. The van der Waals surface area contributed by atoms with Crippen LogP contribution in [0, 0.1) is 3.57 Å². The highest BCUT2D eigenvalue weighted by Gasteiger charge is 2.08. The van der Waals surface area contributed by atoms with E-state index in [0.717, 1.165) is 5.56 Å². The highest BCUT2D eigenvalue weighted by atomic mass is 127. The fourth-order valence-electron chi connectivity index (χ4n) is 1.60. The third kappa shape index (κ3) is 2.67. The maximum Gasteiger partial charge on any atom is 0.331 e. The molecule has 0 fully saturated rings. The van der Waals surface area contributed by atoms with Crippen molar-refractivity contribution >= 4 is 34.2 Å². The first-order chi connectivity index (χ1) is 8.49. The standard InChI is InChI=1S/C12H10ClIN2O2/c1-15-7-10(14)11(17)16(12(15)18)6-8-2-4-9(13)5-3-8/h2-5,7H,6H2,1H3. The third-order valence-electron chi connectivity index (χ3n) is 2.54. The van der Waals surface area contributed by atoms with Crippen molar-refractivity contribution < 1.29 is 0 Å². The predicted molar refractivity (Wildman–Crippen MR) is 79.2 cm³/mol. The summed E-state index contributed by atoms with van der Waals surface area (Å²) in [4.78, 5) is 23.8. The summed E-state index contributed by atoms with van der Waals surface area (Å²) in [7, 11) is 1.63. The lowest BCUT2D eigenvalue weighted by molar-refractivity contribution is 0.634. The molecule has 2 rings (SSSR count). The maximum atomic E-state index is 11.9. The van der Waals surface area contributed by atoms with Crippen LogP contribution in [0.1, 0.15) is 5.56 Å². The molecule has 0 unspecified atom stereocenters. The molecular formula is C12H10ClIN2O2. The van der Waals surface area contributed by atoms with Gasteiger partial charge in [-0.1, -0.05) is 23.7 Å². The van der Waals surface area contributed by atoms with Crippen molar-refractivity contribution in [3.05, 3.63) is 65.5 Å². The van der Waals surface area contributed by atoms with Gasteiger partial charge in [0, 0.05) is 18.3 Å². The normalized spacial score (nSPS) is 10.6. The molecule has 0 spiro atoms. The molecule has 18 heavy (non-hydrogen) atoms. The van der Waals surface area contributed by atoms with Crippen molar-refractivity contribution in [2.24, 2.45) is 7.05 Å². The first-order valence-electron chi connectivity index (χ1n) is 5.19. The molecule has 6 heteroatoms. The molecule has 94 valence electrons. The molecule has 0 bridgehead atoms. The van der Waals surface area contributed by atoms with Crippen LogP contribution in [0.3, 0.4) is 0 Å². The highest BCUT2D eigenvalue weighted by Crippen LogP contribution is 2.09. The second-order valence-corrected chi connectivity index (χ2v) is 5.49. The van der Waals surface area contributed by atoms with Gasteiger partial charge in [0.1, 0.15) is 0 Å². The minimum atomic E-state index is -0.324. The smallest absolute Gasteiger partial charge is 0.302 e. The number of aryl methyl sites for hydroxylation is 1. The zero-order chi connectivity index (χ0) is 13.3. The van der Waals surface area contributed by atoms with Crippen molar-refractivity contribution in [2.45, 2.75) is 6.54 Å². The molecule has 0 atom stereocenters. The third-order valence-corrected chi connectivity index (χ3v) is 3.53. The molecule has 0 aliphatic heterocycles. The van der Waals surface area contributed by atoms with E-state index in [0.29, 0.717) is 8.59 Å². The van der Waals surface area contributed by atoms with Crippen LogP contribution >= 0.6 is 34.2 Å². The average Bonchev–Trinajstić information content (AvgIpc) is 2.34. The monoisotopic (exact) mass is 376 g/mol. The SMILES string of the molecule is Cn1cc(I)c(=O)n(Cc2ccc(Cl)cc2)c1=O. The fraction of sp³-hybridized carbons (Fsp3) is 0.167. The summed E-state index contributed by atoms with van der Waals surface area (Å²) in [6.07, 6.45) is 1.53. The number of benzene rings is 1. The summed E-state index contributed by atoms with van der Waals surface area (Å²) in [6.45, 7) is 0.250. The zero-order valence-corrected chi connectivity index (χ0v) is 12.5. The summed E-state index contributed by atoms with van der Waals surface area (Å²) in [6, 6.07) is 7.07. The van der Waals surface area contributed by atoms with Crippen molar-refractivity contribution in [3.8, 4) is 0 Å². The van der Waals surface area contributed by atoms with E-state index in [-0.39, 0.29) is 17.8 Å². The molecule has 1 aromatic heterocycles. The lowest BCUT2D eigenvalue weighted by atomic mass is 10.2. The number of nitrogens with zero attached hydrogens (tertiary/aromatic N) is 2. The summed E-state index contributed by atoms with van der Waals surface area (Å²) >= 11 is 7.72. The zero-order valence-electron chi connectivity index (χ0n) is 9.56. The van der Waals surface area contributed by atoms with Crippen LogP contribution in [0.15, 0.2) is 40.1 Å². The van der Waals surface area contributed by atoms with Gasteiger partial charge in [-0.2, -0.15) is 0 Å². The minimum Gasteiger partial charge on any atom is -0.302 e. The molecule has 4 nitrogen and oxygen atoms in total. The van der Waals surface area contributed by atoms with E-state index in [9.17, 15) is 9.59 Å². The molecule has 0 amide bonds. The Morgan fingerprint density at radius 3 is 2.44 bits per heavy atom. The van der Waals surface area contributed by atoms with Crippen LogP contribution in [0.25, 0.3) is 0 Å². The van der Waals surface area contributed by atoms with E-state index in [4.69, 9.17) is 11.6 Å². The van der Waals surface area contributed by atoms with E-state index in [1.807, 2.05) is 22.6 Å². The number of hydrogen-bond donors (Lipinski definition) is 0. The molecule has 0 aliphatic carbocycles. The van der Waals surface area contributed by atoms with Gasteiger partial charge in [0.25, 0.3) is 5.56 Å². The Labute approximate surface area is 122 Å². The van der Waals surface area contributed by atoms with Crippen molar-refractivity contribution in [1.82, 2.24) is 9.13 Å². The van der Waals surface area contributed by atoms with Crippen LogP contribution in [-0.2, 0) is 13.6 Å². The number of aromatic nitrogens is 2. The minimum absolute atomic E-state index is 0.250. The Morgan fingerprint density at radius 2 is 1.83 bits per heavy atom.